The Balaban J connectivity index is 2.09. The molecule has 12 heavy (non-hydrogen) atoms. The van der Waals surface area contributed by atoms with Crippen LogP contribution < -0.4 is 0 Å². The van der Waals surface area contributed by atoms with Gasteiger partial charge in [0.1, 0.15) is 0 Å². The van der Waals surface area contributed by atoms with E-state index in [1.807, 2.05) is 12.1 Å². The summed E-state index contributed by atoms with van der Waals surface area (Å²) in [5.74, 6) is 0.727. The molecule has 1 fully saturated rings. The summed E-state index contributed by atoms with van der Waals surface area (Å²) >= 11 is 10.2. The summed E-state index contributed by atoms with van der Waals surface area (Å²) < 4.78 is 0. The molecule has 0 nitrogen and oxygen atoms in total. The number of rotatable bonds is 1. The third-order valence-electron chi connectivity index (χ3n) is 2.45. The fourth-order valence-electron chi connectivity index (χ4n) is 1.59. The van der Waals surface area contributed by atoms with Gasteiger partial charge in [0, 0.05) is 10.3 Å². The molecule has 1 aliphatic carbocycles. The molecule has 0 spiro atoms. The van der Waals surface area contributed by atoms with E-state index in [0.29, 0.717) is 5.25 Å². The predicted molar refractivity (Wildman–Crippen MR) is 56.2 cm³/mol. The Morgan fingerprint density at radius 2 is 1.75 bits per heavy atom. The molecule has 0 unspecified atom stereocenters. The molecular weight excluding hydrogens is 188 g/mol. The second-order valence-corrected chi connectivity index (χ2v) is 4.54. The summed E-state index contributed by atoms with van der Waals surface area (Å²) in [6, 6.07) is 8.16. The number of hydrogen-bond donors (Lipinski definition) is 1. The van der Waals surface area contributed by atoms with Gasteiger partial charge < -0.3 is 0 Å². The van der Waals surface area contributed by atoms with Crippen molar-refractivity contribution in [2.75, 3.05) is 0 Å². The third kappa shape index (κ3) is 1.62. The van der Waals surface area contributed by atoms with Crippen LogP contribution in [0.4, 0.5) is 0 Å². The van der Waals surface area contributed by atoms with E-state index in [9.17, 15) is 0 Å². The minimum absolute atomic E-state index is 0.616. The molecule has 0 saturated heterocycles. The van der Waals surface area contributed by atoms with Crippen LogP contribution >= 0.6 is 24.2 Å². The zero-order valence-electron chi connectivity index (χ0n) is 6.70. The molecule has 64 valence electrons. The Bertz CT molecular complexity index is 262. The van der Waals surface area contributed by atoms with Crippen LogP contribution in [0.15, 0.2) is 24.3 Å². The Kier molecular flexibility index (Phi) is 2.33. The van der Waals surface area contributed by atoms with Gasteiger partial charge in [0.25, 0.3) is 0 Å². The second kappa shape index (κ2) is 3.31. The van der Waals surface area contributed by atoms with Crippen LogP contribution in [0.5, 0.6) is 0 Å². The number of thiol groups is 1. The van der Waals surface area contributed by atoms with E-state index in [1.165, 1.54) is 18.4 Å². The second-order valence-electron chi connectivity index (χ2n) is 3.37. The van der Waals surface area contributed by atoms with Crippen molar-refractivity contribution in [2.24, 2.45) is 0 Å². The summed E-state index contributed by atoms with van der Waals surface area (Å²) in [5, 5.41) is 1.44. The van der Waals surface area contributed by atoms with Crippen molar-refractivity contribution < 1.29 is 0 Å². The average Bonchev–Trinajstić information content (AvgIpc) is 2.01. The minimum atomic E-state index is 0.616. The lowest BCUT2D eigenvalue weighted by Crippen LogP contribution is -2.21. The van der Waals surface area contributed by atoms with Gasteiger partial charge in [-0.2, -0.15) is 12.6 Å². The number of benzene rings is 1. The first-order chi connectivity index (χ1) is 5.75. The maximum absolute atomic E-state index is 5.79. The van der Waals surface area contributed by atoms with Gasteiger partial charge in [0.05, 0.1) is 0 Å². The molecular formula is C10H11ClS. The summed E-state index contributed by atoms with van der Waals surface area (Å²) in [6.45, 7) is 0. The van der Waals surface area contributed by atoms with Crippen molar-refractivity contribution in [2.45, 2.75) is 24.0 Å². The first-order valence-electron chi connectivity index (χ1n) is 4.19. The third-order valence-corrected chi connectivity index (χ3v) is 3.13. The number of hydrogen-bond acceptors (Lipinski definition) is 1. The minimum Gasteiger partial charge on any atom is -0.176 e. The Labute approximate surface area is 83.3 Å². The highest BCUT2D eigenvalue weighted by atomic mass is 35.5. The van der Waals surface area contributed by atoms with Crippen molar-refractivity contribution >= 4 is 24.2 Å². The fraction of sp³-hybridized carbons (Fsp3) is 0.400. The van der Waals surface area contributed by atoms with E-state index in [1.54, 1.807) is 0 Å². The average molecular weight is 199 g/mol. The van der Waals surface area contributed by atoms with E-state index in [0.717, 1.165) is 10.9 Å². The Morgan fingerprint density at radius 3 is 2.25 bits per heavy atom. The smallest absolute Gasteiger partial charge is 0.0406 e. The molecule has 2 heteroatoms. The van der Waals surface area contributed by atoms with E-state index in [4.69, 9.17) is 11.6 Å². The first kappa shape index (κ1) is 8.46. The van der Waals surface area contributed by atoms with Crippen molar-refractivity contribution in [1.29, 1.82) is 0 Å². The van der Waals surface area contributed by atoms with Crippen molar-refractivity contribution in [3.8, 4) is 0 Å². The maximum atomic E-state index is 5.79. The monoisotopic (exact) mass is 198 g/mol. The molecule has 1 aliphatic rings. The lowest BCUT2D eigenvalue weighted by molar-refractivity contribution is 0.437. The molecule has 1 saturated carbocycles. The van der Waals surface area contributed by atoms with Gasteiger partial charge in [-0.05, 0) is 36.5 Å². The maximum Gasteiger partial charge on any atom is 0.0406 e. The van der Waals surface area contributed by atoms with E-state index >= 15 is 0 Å². The predicted octanol–water partition coefficient (Wildman–Crippen LogP) is 3.52. The van der Waals surface area contributed by atoms with Crippen molar-refractivity contribution in [3.05, 3.63) is 34.9 Å². The zero-order chi connectivity index (χ0) is 8.55. The summed E-state index contributed by atoms with van der Waals surface area (Å²) in [7, 11) is 0. The molecule has 0 aromatic heterocycles. The summed E-state index contributed by atoms with van der Waals surface area (Å²) in [5.41, 5.74) is 1.41. The standard InChI is InChI=1S/C10H11ClS/c11-9-3-1-7(2-4-9)8-5-10(12)6-8/h1-4,8,10,12H,5-6H2. The molecule has 0 atom stereocenters. The molecule has 0 bridgehead atoms. The van der Waals surface area contributed by atoms with Crippen LogP contribution in [-0.4, -0.2) is 5.25 Å². The number of halogens is 1. The normalized spacial score (nSPS) is 28.2. The van der Waals surface area contributed by atoms with E-state index < -0.39 is 0 Å². The van der Waals surface area contributed by atoms with Crippen LogP contribution in [-0.2, 0) is 0 Å². The molecule has 0 radical (unpaired) electrons. The highest BCUT2D eigenvalue weighted by molar-refractivity contribution is 7.81. The molecule has 0 heterocycles. The van der Waals surface area contributed by atoms with Crippen LogP contribution in [0, 0.1) is 0 Å². The van der Waals surface area contributed by atoms with Crippen LogP contribution in [0.25, 0.3) is 0 Å². The largest absolute Gasteiger partial charge is 0.176 e. The van der Waals surface area contributed by atoms with Gasteiger partial charge >= 0.3 is 0 Å². The summed E-state index contributed by atoms with van der Waals surface area (Å²) in [4.78, 5) is 0. The van der Waals surface area contributed by atoms with Crippen LogP contribution in [0.2, 0.25) is 5.02 Å². The highest BCUT2D eigenvalue weighted by Crippen LogP contribution is 2.39. The molecule has 0 N–H and O–H groups in total. The van der Waals surface area contributed by atoms with Crippen LogP contribution in [0.3, 0.4) is 0 Å². The van der Waals surface area contributed by atoms with Gasteiger partial charge in [0.15, 0.2) is 0 Å². The van der Waals surface area contributed by atoms with Gasteiger partial charge in [-0.25, -0.2) is 0 Å². The van der Waals surface area contributed by atoms with Gasteiger partial charge in [0.2, 0.25) is 0 Å². The lowest BCUT2D eigenvalue weighted by atomic mass is 9.79. The van der Waals surface area contributed by atoms with E-state index in [2.05, 4.69) is 24.8 Å². The van der Waals surface area contributed by atoms with Crippen LogP contribution in [0.1, 0.15) is 24.3 Å². The Hall–Kier alpha value is -0.140. The Morgan fingerprint density at radius 1 is 1.17 bits per heavy atom. The topological polar surface area (TPSA) is 0 Å². The van der Waals surface area contributed by atoms with E-state index in [-0.39, 0.29) is 0 Å². The molecule has 1 aromatic carbocycles. The van der Waals surface area contributed by atoms with Crippen molar-refractivity contribution in [1.82, 2.24) is 0 Å². The zero-order valence-corrected chi connectivity index (χ0v) is 8.35. The molecule has 2 rings (SSSR count). The molecule has 0 aliphatic heterocycles. The van der Waals surface area contributed by atoms with Crippen molar-refractivity contribution in [3.63, 3.8) is 0 Å². The molecule has 1 aromatic rings. The van der Waals surface area contributed by atoms with Gasteiger partial charge in [-0.1, -0.05) is 23.7 Å². The SMILES string of the molecule is SC1CC(c2ccc(Cl)cc2)C1. The van der Waals surface area contributed by atoms with Gasteiger partial charge in [-0.15, -0.1) is 0 Å². The highest BCUT2D eigenvalue weighted by Gasteiger charge is 2.27. The molecule has 0 amide bonds. The fourth-order valence-corrected chi connectivity index (χ4v) is 2.23. The van der Waals surface area contributed by atoms with Gasteiger partial charge in [-0.3, -0.25) is 0 Å². The summed E-state index contributed by atoms with van der Waals surface area (Å²) in [6.07, 6.45) is 2.43. The quantitative estimate of drug-likeness (QED) is 0.656. The lowest BCUT2D eigenvalue weighted by Gasteiger charge is -2.32. The first-order valence-corrected chi connectivity index (χ1v) is 5.08.